The van der Waals surface area contributed by atoms with Gasteiger partial charge in [-0.3, -0.25) is 0 Å². The highest BCUT2D eigenvalue weighted by atomic mass is 79.9. The molecule has 0 aliphatic rings. The van der Waals surface area contributed by atoms with E-state index in [2.05, 4.69) is 15.9 Å². The van der Waals surface area contributed by atoms with Crippen molar-refractivity contribution in [3.8, 4) is 5.69 Å². The SMILES string of the molecule is Cc1cc(C(=O)O)c(C)n1-c1ccc(Cl)cc1Br. The van der Waals surface area contributed by atoms with Crippen LogP contribution in [0.15, 0.2) is 28.7 Å². The summed E-state index contributed by atoms with van der Waals surface area (Å²) < 4.78 is 2.72. The second-order valence-electron chi connectivity index (χ2n) is 4.02. The highest BCUT2D eigenvalue weighted by Crippen LogP contribution is 2.29. The maximum atomic E-state index is 11.1. The van der Waals surface area contributed by atoms with E-state index in [4.69, 9.17) is 16.7 Å². The molecule has 94 valence electrons. The van der Waals surface area contributed by atoms with Gasteiger partial charge >= 0.3 is 5.97 Å². The first-order valence-corrected chi connectivity index (χ1v) is 6.46. The molecule has 0 spiro atoms. The van der Waals surface area contributed by atoms with E-state index in [0.717, 1.165) is 15.9 Å². The number of rotatable bonds is 2. The Labute approximate surface area is 118 Å². The van der Waals surface area contributed by atoms with Gasteiger partial charge in [-0.25, -0.2) is 4.79 Å². The third-order valence-electron chi connectivity index (χ3n) is 2.81. The molecule has 1 aromatic carbocycles. The van der Waals surface area contributed by atoms with Gasteiger partial charge in [0.15, 0.2) is 0 Å². The standard InChI is InChI=1S/C13H11BrClNO2/c1-7-5-10(13(17)18)8(2)16(7)12-4-3-9(15)6-11(12)14/h3-6H,1-2H3,(H,17,18). The van der Waals surface area contributed by atoms with Gasteiger partial charge in [0.25, 0.3) is 0 Å². The monoisotopic (exact) mass is 327 g/mol. The van der Waals surface area contributed by atoms with E-state index < -0.39 is 5.97 Å². The summed E-state index contributed by atoms with van der Waals surface area (Å²) in [6.45, 7) is 3.66. The van der Waals surface area contributed by atoms with E-state index in [9.17, 15) is 4.79 Å². The average molecular weight is 329 g/mol. The molecule has 0 amide bonds. The minimum atomic E-state index is -0.917. The van der Waals surface area contributed by atoms with Gasteiger partial charge in [-0.15, -0.1) is 0 Å². The van der Waals surface area contributed by atoms with Crippen LogP contribution in [0.3, 0.4) is 0 Å². The lowest BCUT2D eigenvalue weighted by atomic mass is 10.2. The topological polar surface area (TPSA) is 42.2 Å². The largest absolute Gasteiger partial charge is 0.478 e. The van der Waals surface area contributed by atoms with Crippen LogP contribution < -0.4 is 0 Å². The Kier molecular flexibility index (Phi) is 3.50. The summed E-state index contributed by atoms with van der Waals surface area (Å²) >= 11 is 9.35. The van der Waals surface area contributed by atoms with E-state index in [1.165, 1.54) is 0 Å². The zero-order chi connectivity index (χ0) is 13.4. The van der Waals surface area contributed by atoms with Crippen molar-refractivity contribution in [2.45, 2.75) is 13.8 Å². The zero-order valence-electron chi connectivity index (χ0n) is 9.87. The number of aryl methyl sites for hydroxylation is 1. The van der Waals surface area contributed by atoms with Crippen molar-refractivity contribution in [3.05, 3.63) is 50.7 Å². The van der Waals surface area contributed by atoms with Crippen LogP contribution in [0.25, 0.3) is 5.69 Å². The molecule has 3 nitrogen and oxygen atoms in total. The summed E-state index contributed by atoms with van der Waals surface area (Å²) in [6, 6.07) is 7.09. The van der Waals surface area contributed by atoms with E-state index in [1.54, 1.807) is 25.1 Å². The smallest absolute Gasteiger partial charge is 0.337 e. The quantitative estimate of drug-likeness (QED) is 0.897. The molecule has 2 aromatic rings. The molecule has 18 heavy (non-hydrogen) atoms. The van der Waals surface area contributed by atoms with Crippen molar-refractivity contribution in [1.29, 1.82) is 0 Å². The Bertz CT molecular complexity index is 634. The normalized spacial score (nSPS) is 10.7. The molecule has 0 saturated carbocycles. The summed E-state index contributed by atoms with van der Waals surface area (Å²) in [7, 11) is 0. The molecule has 0 radical (unpaired) electrons. The maximum absolute atomic E-state index is 11.1. The predicted molar refractivity (Wildman–Crippen MR) is 74.9 cm³/mol. The van der Waals surface area contributed by atoms with Crippen molar-refractivity contribution in [2.75, 3.05) is 0 Å². The summed E-state index contributed by atoms with van der Waals surface area (Å²) in [6.07, 6.45) is 0. The van der Waals surface area contributed by atoms with Crippen LogP contribution in [0.4, 0.5) is 0 Å². The maximum Gasteiger partial charge on any atom is 0.337 e. The number of carboxylic acid groups (broad SMARTS) is 1. The predicted octanol–water partition coefficient (Wildman–Crippen LogP) is 4.21. The lowest BCUT2D eigenvalue weighted by Gasteiger charge is -2.12. The van der Waals surface area contributed by atoms with Crippen LogP contribution in [-0.4, -0.2) is 15.6 Å². The number of hydrogen-bond acceptors (Lipinski definition) is 1. The van der Waals surface area contributed by atoms with Crippen molar-refractivity contribution in [2.24, 2.45) is 0 Å². The molecule has 1 aromatic heterocycles. The van der Waals surface area contributed by atoms with Gasteiger partial charge in [-0.2, -0.15) is 0 Å². The van der Waals surface area contributed by atoms with Gasteiger partial charge in [0.1, 0.15) is 0 Å². The molecule has 0 saturated heterocycles. The number of hydrogen-bond donors (Lipinski definition) is 1. The minimum absolute atomic E-state index is 0.314. The summed E-state index contributed by atoms with van der Waals surface area (Å²) in [5.41, 5.74) is 2.76. The minimum Gasteiger partial charge on any atom is -0.478 e. The molecule has 1 N–H and O–H groups in total. The van der Waals surface area contributed by atoms with Gasteiger partial charge < -0.3 is 9.67 Å². The highest BCUT2D eigenvalue weighted by Gasteiger charge is 2.16. The van der Waals surface area contributed by atoms with Crippen molar-refractivity contribution < 1.29 is 9.90 Å². The first-order valence-electron chi connectivity index (χ1n) is 5.29. The number of carboxylic acids is 1. The van der Waals surface area contributed by atoms with E-state index in [-0.39, 0.29) is 0 Å². The number of aromatic nitrogens is 1. The van der Waals surface area contributed by atoms with Gasteiger partial charge in [0, 0.05) is 20.9 Å². The van der Waals surface area contributed by atoms with E-state index >= 15 is 0 Å². The Balaban J connectivity index is 2.68. The number of nitrogens with zero attached hydrogens (tertiary/aromatic N) is 1. The summed E-state index contributed by atoms with van der Waals surface area (Å²) in [4.78, 5) is 11.1. The third kappa shape index (κ3) is 2.18. The second-order valence-corrected chi connectivity index (χ2v) is 5.31. The number of carbonyl (C=O) groups is 1. The molecular weight excluding hydrogens is 318 g/mol. The van der Waals surface area contributed by atoms with Crippen LogP contribution in [0, 0.1) is 13.8 Å². The van der Waals surface area contributed by atoms with Gasteiger partial charge in [-0.1, -0.05) is 11.6 Å². The van der Waals surface area contributed by atoms with Crippen molar-refractivity contribution >= 4 is 33.5 Å². The highest BCUT2D eigenvalue weighted by molar-refractivity contribution is 9.10. The zero-order valence-corrected chi connectivity index (χ0v) is 12.2. The van der Waals surface area contributed by atoms with E-state index in [0.29, 0.717) is 16.3 Å². The fourth-order valence-corrected chi connectivity index (χ4v) is 2.87. The Morgan fingerprint density at radius 3 is 2.50 bits per heavy atom. The van der Waals surface area contributed by atoms with Crippen LogP contribution in [-0.2, 0) is 0 Å². The van der Waals surface area contributed by atoms with Crippen LogP contribution >= 0.6 is 27.5 Å². The Hall–Kier alpha value is -1.26. The molecule has 1 heterocycles. The molecule has 0 fully saturated rings. The number of halogens is 2. The summed E-state index contributed by atoms with van der Waals surface area (Å²) in [5, 5.41) is 9.75. The fraction of sp³-hybridized carbons (Fsp3) is 0.154. The van der Waals surface area contributed by atoms with Crippen molar-refractivity contribution in [3.63, 3.8) is 0 Å². The van der Waals surface area contributed by atoms with Crippen LogP contribution in [0.2, 0.25) is 5.02 Å². The number of aromatic carboxylic acids is 1. The Morgan fingerprint density at radius 2 is 2.00 bits per heavy atom. The molecule has 5 heteroatoms. The molecule has 2 rings (SSSR count). The number of benzene rings is 1. The second kappa shape index (κ2) is 4.78. The first-order chi connectivity index (χ1) is 8.41. The summed E-state index contributed by atoms with van der Waals surface area (Å²) in [5.74, 6) is -0.917. The third-order valence-corrected chi connectivity index (χ3v) is 3.68. The molecule has 0 atom stereocenters. The van der Waals surface area contributed by atoms with Gasteiger partial charge in [0.05, 0.1) is 11.3 Å². The van der Waals surface area contributed by atoms with Crippen LogP contribution in [0.5, 0.6) is 0 Å². The van der Waals surface area contributed by atoms with Crippen molar-refractivity contribution in [1.82, 2.24) is 4.57 Å². The Morgan fingerprint density at radius 1 is 1.33 bits per heavy atom. The molecular formula is C13H11BrClNO2. The molecule has 0 bridgehead atoms. The molecule has 0 aliphatic heterocycles. The molecule has 0 unspecified atom stereocenters. The average Bonchev–Trinajstić information content (AvgIpc) is 2.56. The van der Waals surface area contributed by atoms with E-state index in [1.807, 2.05) is 17.6 Å². The lowest BCUT2D eigenvalue weighted by Crippen LogP contribution is -2.03. The fourth-order valence-electron chi connectivity index (χ4n) is 2.01. The van der Waals surface area contributed by atoms with Gasteiger partial charge in [-0.05, 0) is 54.0 Å². The van der Waals surface area contributed by atoms with Gasteiger partial charge in [0.2, 0.25) is 0 Å². The molecule has 0 aliphatic carbocycles. The van der Waals surface area contributed by atoms with Crippen LogP contribution in [0.1, 0.15) is 21.7 Å². The lowest BCUT2D eigenvalue weighted by molar-refractivity contribution is 0.0696. The first kappa shape index (κ1) is 13.2.